The molecule has 0 aliphatic carbocycles. The van der Waals surface area contributed by atoms with Gasteiger partial charge in [0, 0.05) is 39.6 Å². The zero-order chi connectivity index (χ0) is 19.1. The molecular formula is C19H25N5O3. The minimum Gasteiger partial charge on any atom is -0.367 e. The first kappa shape index (κ1) is 17.8. The Labute approximate surface area is 157 Å². The average Bonchev–Trinajstić information content (AvgIpc) is 2.93. The average molecular weight is 371 g/mol. The summed E-state index contributed by atoms with van der Waals surface area (Å²) in [4.78, 5) is 41.5. The Morgan fingerprint density at radius 1 is 1.11 bits per heavy atom. The number of fused-ring (bicyclic) bond motifs is 1. The highest BCUT2D eigenvalue weighted by molar-refractivity contribution is 6.00. The summed E-state index contributed by atoms with van der Waals surface area (Å²) < 4.78 is 3.17. The lowest BCUT2D eigenvalue weighted by Gasteiger charge is -2.35. The van der Waals surface area contributed by atoms with E-state index in [1.54, 1.807) is 16.2 Å². The number of piperazine rings is 1. The number of nitrogens with one attached hydrogen (secondary N) is 1. The van der Waals surface area contributed by atoms with Crippen LogP contribution in [0.1, 0.15) is 25.8 Å². The van der Waals surface area contributed by atoms with Gasteiger partial charge in [0.05, 0.1) is 16.7 Å². The second kappa shape index (κ2) is 6.84. The smallest absolute Gasteiger partial charge is 0.329 e. The van der Waals surface area contributed by atoms with Crippen molar-refractivity contribution in [2.24, 2.45) is 7.05 Å². The number of piperidine rings is 1. The van der Waals surface area contributed by atoms with Crippen molar-refractivity contribution in [1.29, 1.82) is 0 Å². The number of amides is 2. The Bertz CT molecular complexity index is 952. The second-order valence-electron chi connectivity index (χ2n) is 7.24. The predicted octanol–water partition coefficient (Wildman–Crippen LogP) is 0.460. The van der Waals surface area contributed by atoms with Crippen LogP contribution in [-0.4, -0.2) is 58.6 Å². The molecule has 1 unspecified atom stereocenters. The molecule has 0 radical (unpaired) electrons. The number of imidazole rings is 1. The van der Waals surface area contributed by atoms with Crippen LogP contribution in [0.4, 0.5) is 5.69 Å². The van der Waals surface area contributed by atoms with Gasteiger partial charge in [0.25, 0.3) is 0 Å². The molecule has 3 heterocycles. The number of aromatic nitrogens is 2. The minimum absolute atomic E-state index is 0.223. The van der Waals surface area contributed by atoms with Crippen LogP contribution in [-0.2, 0) is 16.6 Å². The monoisotopic (exact) mass is 371 g/mol. The Kier molecular flexibility index (Phi) is 4.51. The van der Waals surface area contributed by atoms with Gasteiger partial charge in [0.1, 0.15) is 6.04 Å². The van der Waals surface area contributed by atoms with E-state index in [0.29, 0.717) is 6.42 Å². The van der Waals surface area contributed by atoms with Crippen LogP contribution in [0.2, 0.25) is 0 Å². The molecule has 4 rings (SSSR count). The third-order valence-corrected chi connectivity index (χ3v) is 5.76. The molecule has 2 aliphatic heterocycles. The van der Waals surface area contributed by atoms with Gasteiger partial charge in [0.2, 0.25) is 11.8 Å². The summed E-state index contributed by atoms with van der Waals surface area (Å²) in [5.74, 6) is -0.679. The third kappa shape index (κ3) is 2.93. The van der Waals surface area contributed by atoms with Gasteiger partial charge in [-0.05, 0) is 25.1 Å². The van der Waals surface area contributed by atoms with Crippen molar-refractivity contribution in [3.8, 4) is 0 Å². The van der Waals surface area contributed by atoms with E-state index < -0.39 is 11.9 Å². The molecule has 144 valence electrons. The number of hydrogen-bond donors (Lipinski definition) is 1. The number of likely N-dealkylation sites (N-methyl/N-ethyl adjacent to an activating group) is 1. The van der Waals surface area contributed by atoms with Crippen LogP contribution >= 0.6 is 0 Å². The van der Waals surface area contributed by atoms with Gasteiger partial charge in [-0.2, -0.15) is 0 Å². The van der Waals surface area contributed by atoms with Crippen LogP contribution in [0.25, 0.3) is 11.0 Å². The first-order valence-electron chi connectivity index (χ1n) is 9.52. The van der Waals surface area contributed by atoms with Gasteiger partial charge in [-0.25, -0.2) is 4.79 Å². The van der Waals surface area contributed by atoms with Gasteiger partial charge in [-0.15, -0.1) is 0 Å². The van der Waals surface area contributed by atoms with Gasteiger partial charge < -0.3 is 9.80 Å². The number of imide groups is 1. The summed E-state index contributed by atoms with van der Waals surface area (Å²) in [7, 11) is 1.75. The van der Waals surface area contributed by atoms with E-state index in [4.69, 9.17) is 0 Å². The highest BCUT2D eigenvalue weighted by atomic mass is 16.2. The highest BCUT2D eigenvalue weighted by Gasteiger charge is 2.32. The normalized spacial score (nSPS) is 21.7. The highest BCUT2D eigenvalue weighted by Crippen LogP contribution is 2.30. The SMILES string of the molecule is CCN1CCN(c2cccc3c2n(C)c(=O)n3C2CCC(=O)NC2=O)CC1. The molecule has 8 heteroatoms. The zero-order valence-electron chi connectivity index (χ0n) is 15.8. The van der Waals surface area contributed by atoms with E-state index >= 15 is 0 Å². The van der Waals surface area contributed by atoms with Crippen molar-refractivity contribution in [2.75, 3.05) is 37.6 Å². The van der Waals surface area contributed by atoms with E-state index in [1.165, 1.54) is 0 Å². The number of benzene rings is 1. The fourth-order valence-electron chi connectivity index (χ4n) is 4.21. The summed E-state index contributed by atoms with van der Waals surface area (Å²) in [6, 6.07) is 5.21. The Balaban J connectivity index is 1.78. The maximum Gasteiger partial charge on any atom is 0.329 e. The number of aryl methyl sites for hydroxylation is 1. The molecule has 2 saturated heterocycles. The Morgan fingerprint density at radius 3 is 2.52 bits per heavy atom. The Morgan fingerprint density at radius 2 is 1.85 bits per heavy atom. The zero-order valence-corrected chi connectivity index (χ0v) is 15.8. The number of hydrogen-bond acceptors (Lipinski definition) is 5. The van der Waals surface area contributed by atoms with Crippen LogP contribution < -0.4 is 15.9 Å². The van der Waals surface area contributed by atoms with Crippen LogP contribution in [0.3, 0.4) is 0 Å². The van der Waals surface area contributed by atoms with E-state index in [9.17, 15) is 14.4 Å². The largest absolute Gasteiger partial charge is 0.367 e. The van der Waals surface area contributed by atoms with Crippen LogP contribution in [0.15, 0.2) is 23.0 Å². The summed E-state index contributed by atoms with van der Waals surface area (Å²) in [6.45, 7) is 7.02. The first-order chi connectivity index (χ1) is 13.0. The van der Waals surface area contributed by atoms with Gasteiger partial charge in [-0.3, -0.25) is 24.0 Å². The van der Waals surface area contributed by atoms with Crippen molar-refractivity contribution in [1.82, 2.24) is 19.4 Å². The molecule has 1 atom stereocenters. The fraction of sp³-hybridized carbons (Fsp3) is 0.526. The van der Waals surface area contributed by atoms with Gasteiger partial charge in [-0.1, -0.05) is 13.0 Å². The second-order valence-corrected chi connectivity index (χ2v) is 7.24. The minimum atomic E-state index is -0.647. The maximum atomic E-state index is 13.0. The molecule has 2 aromatic rings. The van der Waals surface area contributed by atoms with Crippen molar-refractivity contribution in [3.05, 3.63) is 28.7 Å². The lowest BCUT2D eigenvalue weighted by atomic mass is 10.1. The quantitative estimate of drug-likeness (QED) is 0.793. The number of carbonyl (C=O) groups excluding carboxylic acids is 2. The lowest BCUT2D eigenvalue weighted by molar-refractivity contribution is -0.135. The molecule has 1 aromatic heterocycles. The maximum absolute atomic E-state index is 13.0. The number of carbonyl (C=O) groups is 2. The molecule has 0 spiro atoms. The summed E-state index contributed by atoms with van der Waals surface area (Å²) >= 11 is 0. The molecular weight excluding hydrogens is 346 g/mol. The predicted molar refractivity (Wildman–Crippen MR) is 103 cm³/mol. The van der Waals surface area contributed by atoms with Crippen LogP contribution in [0.5, 0.6) is 0 Å². The van der Waals surface area contributed by atoms with Gasteiger partial charge in [0.15, 0.2) is 0 Å². The molecule has 0 bridgehead atoms. The van der Waals surface area contributed by atoms with Crippen molar-refractivity contribution in [3.63, 3.8) is 0 Å². The first-order valence-corrected chi connectivity index (χ1v) is 9.52. The van der Waals surface area contributed by atoms with Crippen molar-refractivity contribution in [2.45, 2.75) is 25.8 Å². The standard InChI is InChI=1S/C19H25N5O3/c1-3-22-9-11-23(12-10-22)13-5-4-6-14-17(13)21(2)19(27)24(14)15-7-8-16(25)20-18(15)26/h4-6,15H,3,7-12H2,1-2H3,(H,20,25,26). The number of para-hydroxylation sites is 1. The fourth-order valence-corrected chi connectivity index (χ4v) is 4.21. The summed E-state index contributed by atoms with van der Waals surface area (Å²) in [5, 5.41) is 2.36. The topological polar surface area (TPSA) is 79.6 Å². The Hall–Kier alpha value is -2.61. The molecule has 1 aromatic carbocycles. The van der Waals surface area contributed by atoms with Crippen LogP contribution in [0, 0.1) is 0 Å². The molecule has 1 N–H and O–H groups in total. The van der Waals surface area contributed by atoms with E-state index in [0.717, 1.165) is 49.4 Å². The van der Waals surface area contributed by atoms with Crippen molar-refractivity contribution >= 4 is 28.5 Å². The molecule has 8 nitrogen and oxygen atoms in total. The molecule has 2 aliphatic rings. The molecule has 2 fully saturated rings. The molecule has 2 amide bonds. The summed E-state index contributed by atoms with van der Waals surface area (Å²) in [6.07, 6.45) is 0.598. The molecule has 0 saturated carbocycles. The van der Waals surface area contributed by atoms with Gasteiger partial charge >= 0.3 is 5.69 Å². The van der Waals surface area contributed by atoms with E-state index in [1.807, 2.05) is 18.2 Å². The van der Waals surface area contributed by atoms with E-state index in [2.05, 4.69) is 22.0 Å². The third-order valence-electron chi connectivity index (χ3n) is 5.76. The number of anilines is 1. The summed E-state index contributed by atoms with van der Waals surface area (Å²) in [5.41, 5.74) is 2.39. The van der Waals surface area contributed by atoms with E-state index in [-0.39, 0.29) is 18.0 Å². The number of rotatable bonds is 3. The molecule has 27 heavy (non-hydrogen) atoms. The number of nitrogens with zero attached hydrogens (tertiary/aromatic N) is 4. The van der Waals surface area contributed by atoms with Crippen molar-refractivity contribution < 1.29 is 9.59 Å². The lowest BCUT2D eigenvalue weighted by Crippen LogP contribution is -2.46.